The van der Waals surface area contributed by atoms with Gasteiger partial charge in [-0.1, -0.05) is 25.2 Å². The quantitative estimate of drug-likeness (QED) is 0.880. The van der Waals surface area contributed by atoms with E-state index in [9.17, 15) is 21.6 Å². The van der Waals surface area contributed by atoms with E-state index < -0.39 is 28.0 Å². The van der Waals surface area contributed by atoms with Crippen molar-refractivity contribution in [2.24, 2.45) is 11.8 Å². The van der Waals surface area contributed by atoms with E-state index in [4.69, 9.17) is 0 Å². The lowest BCUT2D eigenvalue weighted by molar-refractivity contribution is -0.168. The van der Waals surface area contributed by atoms with Gasteiger partial charge in [0.1, 0.15) is 0 Å². The number of hydrogen-bond donors (Lipinski definition) is 1. The molecule has 1 aromatic heterocycles. The summed E-state index contributed by atoms with van der Waals surface area (Å²) in [7, 11) is -3.33. The van der Waals surface area contributed by atoms with E-state index in [-0.39, 0.29) is 6.54 Å². The van der Waals surface area contributed by atoms with Gasteiger partial charge in [0.05, 0.1) is 17.9 Å². The third kappa shape index (κ3) is 3.14. The summed E-state index contributed by atoms with van der Waals surface area (Å²) in [6, 6.07) is 0. The van der Waals surface area contributed by atoms with Crippen molar-refractivity contribution in [2.45, 2.75) is 26.1 Å². The van der Waals surface area contributed by atoms with Gasteiger partial charge in [0.25, 0.3) is 0 Å². The number of fused-ring (bicyclic) bond motifs is 1. The SMILES string of the molecule is CC1C=C(c2n[nH]c3c2CN(S(C)(=O)=O)CC3)C=CC1C(F)(F)F. The summed E-state index contributed by atoms with van der Waals surface area (Å²) >= 11 is 0. The van der Waals surface area contributed by atoms with E-state index >= 15 is 0 Å². The van der Waals surface area contributed by atoms with Crippen LogP contribution in [0, 0.1) is 11.8 Å². The standard InChI is InChI=1S/C15H18F3N3O2S/c1-9-7-10(3-4-12(9)15(16,17)18)14-11-8-21(24(2,22)23)6-5-13(11)19-20-14/h3-4,7,9,12H,5-6,8H2,1-2H3,(H,19,20). The van der Waals surface area contributed by atoms with E-state index in [1.165, 1.54) is 17.3 Å². The number of hydrogen-bond acceptors (Lipinski definition) is 3. The van der Waals surface area contributed by atoms with Crippen LogP contribution in [0.25, 0.3) is 5.57 Å². The van der Waals surface area contributed by atoms with Crippen molar-refractivity contribution in [3.8, 4) is 0 Å². The van der Waals surface area contributed by atoms with Crippen molar-refractivity contribution in [1.29, 1.82) is 0 Å². The normalized spacial score (nSPS) is 25.5. The zero-order chi connectivity index (χ0) is 17.7. The van der Waals surface area contributed by atoms with Gasteiger partial charge in [-0.2, -0.15) is 22.6 Å². The molecule has 0 amide bonds. The zero-order valence-corrected chi connectivity index (χ0v) is 14.1. The Morgan fingerprint density at radius 3 is 2.67 bits per heavy atom. The molecule has 1 N–H and O–H groups in total. The Kier molecular flexibility index (Phi) is 4.11. The molecule has 2 aliphatic rings. The molecule has 1 aromatic rings. The first-order chi connectivity index (χ1) is 11.1. The molecule has 0 spiro atoms. The first-order valence-corrected chi connectivity index (χ1v) is 9.40. The van der Waals surface area contributed by atoms with Crippen LogP contribution in [0.4, 0.5) is 13.2 Å². The van der Waals surface area contributed by atoms with Gasteiger partial charge in [0.15, 0.2) is 0 Å². The lowest BCUT2D eigenvalue weighted by Crippen LogP contribution is -2.35. The molecule has 5 nitrogen and oxygen atoms in total. The van der Waals surface area contributed by atoms with E-state index in [2.05, 4.69) is 10.2 Å². The topological polar surface area (TPSA) is 66.1 Å². The van der Waals surface area contributed by atoms with Crippen molar-refractivity contribution >= 4 is 15.6 Å². The molecule has 1 aliphatic heterocycles. The van der Waals surface area contributed by atoms with Crippen LogP contribution in [0.5, 0.6) is 0 Å². The molecule has 9 heteroatoms. The van der Waals surface area contributed by atoms with Crippen LogP contribution in [-0.2, 0) is 23.0 Å². The van der Waals surface area contributed by atoms with Crippen LogP contribution < -0.4 is 0 Å². The van der Waals surface area contributed by atoms with Crippen LogP contribution in [0.2, 0.25) is 0 Å². The summed E-state index contributed by atoms with van der Waals surface area (Å²) in [5, 5.41) is 7.10. The Labute approximate surface area is 138 Å². The molecule has 2 unspecified atom stereocenters. The summed E-state index contributed by atoms with van der Waals surface area (Å²) < 4.78 is 63.7. The predicted molar refractivity (Wildman–Crippen MR) is 83.4 cm³/mol. The molecule has 0 saturated heterocycles. The summed E-state index contributed by atoms with van der Waals surface area (Å²) in [6.45, 7) is 2.07. The van der Waals surface area contributed by atoms with Crippen molar-refractivity contribution in [3.05, 3.63) is 35.2 Å². The number of nitrogens with zero attached hydrogens (tertiary/aromatic N) is 2. The molecular weight excluding hydrogens is 343 g/mol. The highest BCUT2D eigenvalue weighted by Gasteiger charge is 2.42. The summed E-state index contributed by atoms with van der Waals surface area (Å²) in [5.41, 5.74) is 2.70. The average molecular weight is 361 g/mol. The Balaban J connectivity index is 1.91. The number of halogens is 3. The fraction of sp³-hybridized carbons (Fsp3) is 0.533. The third-order valence-corrected chi connectivity index (χ3v) is 5.76. The predicted octanol–water partition coefficient (Wildman–Crippen LogP) is 2.50. The second kappa shape index (κ2) is 5.73. The number of alkyl halides is 3. The maximum atomic E-state index is 12.9. The minimum Gasteiger partial charge on any atom is -0.282 e. The number of H-pyrrole nitrogens is 1. The lowest BCUT2D eigenvalue weighted by atomic mass is 9.85. The second-order valence-corrected chi connectivity index (χ2v) is 8.27. The average Bonchev–Trinajstić information content (AvgIpc) is 2.87. The molecule has 3 rings (SSSR count). The molecule has 24 heavy (non-hydrogen) atoms. The van der Waals surface area contributed by atoms with Crippen LogP contribution in [-0.4, -0.2) is 41.9 Å². The molecule has 1 aliphatic carbocycles. The van der Waals surface area contributed by atoms with Gasteiger partial charge in [0, 0.05) is 30.8 Å². The Morgan fingerprint density at radius 2 is 2.08 bits per heavy atom. The fourth-order valence-corrected chi connectivity index (χ4v) is 3.97. The Morgan fingerprint density at radius 1 is 1.38 bits per heavy atom. The number of aromatic amines is 1. The number of nitrogens with one attached hydrogen (secondary N) is 1. The van der Waals surface area contributed by atoms with E-state index in [1.54, 1.807) is 6.08 Å². The molecule has 0 radical (unpaired) electrons. The highest BCUT2D eigenvalue weighted by Crippen LogP contribution is 2.39. The van der Waals surface area contributed by atoms with Gasteiger partial charge in [0.2, 0.25) is 10.0 Å². The zero-order valence-electron chi connectivity index (χ0n) is 13.3. The van der Waals surface area contributed by atoms with E-state index in [1.807, 2.05) is 0 Å². The van der Waals surface area contributed by atoms with Crippen LogP contribution >= 0.6 is 0 Å². The molecule has 0 bridgehead atoms. The molecule has 0 aromatic carbocycles. The first-order valence-electron chi connectivity index (χ1n) is 7.55. The van der Waals surface area contributed by atoms with Gasteiger partial charge in [-0.05, 0) is 11.5 Å². The Hall–Kier alpha value is -1.61. The lowest BCUT2D eigenvalue weighted by Gasteiger charge is -2.27. The number of aromatic nitrogens is 2. The Bertz CT molecular complexity index is 808. The van der Waals surface area contributed by atoms with Gasteiger partial charge in [-0.25, -0.2) is 8.42 Å². The van der Waals surface area contributed by atoms with Crippen LogP contribution in [0.3, 0.4) is 0 Å². The largest absolute Gasteiger partial charge is 0.395 e. The van der Waals surface area contributed by atoms with Gasteiger partial charge in [-0.3, -0.25) is 5.10 Å². The fourth-order valence-electron chi connectivity index (χ4n) is 3.18. The van der Waals surface area contributed by atoms with Gasteiger partial charge < -0.3 is 0 Å². The maximum Gasteiger partial charge on any atom is 0.395 e. The molecular formula is C15H18F3N3O2S. The highest BCUT2D eigenvalue weighted by molar-refractivity contribution is 7.88. The smallest absolute Gasteiger partial charge is 0.282 e. The molecule has 132 valence electrons. The van der Waals surface area contributed by atoms with Crippen LogP contribution in [0.15, 0.2) is 18.2 Å². The molecule has 2 atom stereocenters. The molecule has 0 saturated carbocycles. The second-order valence-electron chi connectivity index (χ2n) is 6.28. The molecule has 2 heterocycles. The highest BCUT2D eigenvalue weighted by atomic mass is 32.2. The van der Waals surface area contributed by atoms with E-state index in [0.717, 1.165) is 23.6 Å². The van der Waals surface area contributed by atoms with Crippen molar-refractivity contribution < 1.29 is 21.6 Å². The summed E-state index contributed by atoms with van der Waals surface area (Å²) in [5.74, 6) is -2.21. The van der Waals surface area contributed by atoms with Crippen molar-refractivity contribution in [3.63, 3.8) is 0 Å². The van der Waals surface area contributed by atoms with Gasteiger partial charge in [-0.15, -0.1) is 0 Å². The first kappa shape index (κ1) is 17.2. The number of rotatable bonds is 2. The monoisotopic (exact) mass is 361 g/mol. The minimum absolute atomic E-state index is 0.183. The van der Waals surface area contributed by atoms with E-state index in [0.29, 0.717) is 24.2 Å². The number of sulfonamides is 1. The van der Waals surface area contributed by atoms with Crippen molar-refractivity contribution in [2.75, 3.05) is 12.8 Å². The van der Waals surface area contributed by atoms with Gasteiger partial charge >= 0.3 is 6.18 Å². The van der Waals surface area contributed by atoms with Crippen molar-refractivity contribution in [1.82, 2.24) is 14.5 Å². The maximum absolute atomic E-state index is 12.9. The number of allylic oxidation sites excluding steroid dienone is 4. The summed E-state index contributed by atoms with van der Waals surface area (Å²) in [4.78, 5) is 0. The third-order valence-electron chi connectivity index (χ3n) is 4.51. The molecule has 0 fully saturated rings. The summed E-state index contributed by atoms with van der Waals surface area (Å²) in [6.07, 6.45) is 1.50. The van der Waals surface area contributed by atoms with Crippen LogP contribution in [0.1, 0.15) is 23.9 Å². The minimum atomic E-state index is -4.28.